The average Bonchev–Trinajstić information content (AvgIpc) is 3.33. The van der Waals surface area contributed by atoms with Crippen LogP contribution in [0.4, 0.5) is 0 Å². The largest absolute Gasteiger partial charge is 0.455 e. The summed E-state index contributed by atoms with van der Waals surface area (Å²) in [6.07, 6.45) is 6.04. The van der Waals surface area contributed by atoms with Crippen molar-refractivity contribution in [2.45, 2.75) is 88.9 Å². The van der Waals surface area contributed by atoms with Gasteiger partial charge in [0, 0.05) is 18.5 Å². The van der Waals surface area contributed by atoms with Crippen LogP contribution in [0.15, 0.2) is 54.6 Å². The van der Waals surface area contributed by atoms with Crippen LogP contribution in [-0.4, -0.2) is 87.1 Å². The molecule has 0 bridgehead atoms. The van der Waals surface area contributed by atoms with Crippen molar-refractivity contribution in [3.05, 3.63) is 60.2 Å². The van der Waals surface area contributed by atoms with E-state index in [1.807, 2.05) is 57.2 Å². The average molecular weight is 580 g/mol. The molecular formula is C32H41N3O7. The Morgan fingerprint density at radius 2 is 1.81 bits per heavy atom. The lowest BCUT2D eigenvalue weighted by Crippen LogP contribution is -2.60. The van der Waals surface area contributed by atoms with Crippen LogP contribution in [0.25, 0.3) is 0 Å². The summed E-state index contributed by atoms with van der Waals surface area (Å²) in [7, 11) is 0. The molecule has 5 rings (SSSR count). The minimum Gasteiger partial charge on any atom is -0.455 e. The number of nitrogens with zero attached hydrogens (tertiary/aromatic N) is 2. The predicted molar refractivity (Wildman–Crippen MR) is 154 cm³/mol. The molecule has 0 radical (unpaired) electrons. The van der Waals surface area contributed by atoms with Crippen LogP contribution >= 0.6 is 0 Å². The van der Waals surface area contributed by atoms with Crippen LogP contribution in [0.2, 0.25) is 0 Å². The van der Waals surface area contributed by atoms with E-state index in [1.54, 1.807) is 37.0 Å². The second-order valence-corrected chi connectivity index (χ2v) is 12.7. The van der Waals surface area contributed by atoms with E-state index >= 15 is 0 Å². The zero-order chi connectivity index (χ0) is 30.4. The van der Waals surface area contributed by atoms with E-state index in [2.05, 4.69) is 5.32 Å². The number of esters is 1. The number of aliphatic hydroxyl groups is 1. The van der Waals surface area contributed by atoms with Crippen LogP contribution < -0.4 is 5.32 Å². The van der Waals surface area contributed by atoms with Crippen molar-refractivity contribution in [3.8, 4) is 0 Å². The van der Waals surface area contributed by atoms with Crippen LogP contribution in [0, 0.1) is 11.8 Å². The number of likely N-dealkylation sites (tertiary alicyclic amines) is 1. The monoisotopic (exact) mass is 579 g/mol. The molecule has 2 saturated heterocycles. The molecule has 4 heterocycles. The first kappa shape index (κ1) is 30.0. The molecule has 4 aliphatic rings. The molecule has 1 aromatic rings. The van der Waals surface area contributed by atoms with Gasteiger partial charge >= 0.3 is 5.97 Å². The van der Waals surface area contributed by atoms with Crippen molar-refractivity contribution in [2.24, 2.45) is 11.8 Å². The highest BCUT2D eigenvalue weighted by Crippen LogP contribution is 2.54. The lowest BCUT2D eigenvalue weighted by Gasteiger charge is -2.41. The third-order valence-electron chi connectivity index (χ3n) is 8.83. The maximum atomic E-state index is 14.3. The molecule has 0 unspecified atom stereocenters. The zero-order valence-electron chi connectivity index (χ0n) is 24.9. The maximum Gasteiger partial charge on any atom is 0.313 e. The number of hydrogen-bond acceptors (Lipinski definition) is 7. The fraction of sp³-hybridized carbons (Fsp3) is 0.562. The molecule has 1 spiro atoms. The number of cyclic esters (lactones) is 1. The van der Waals surface area contributed by atoms with Gasteiger partial charge in [-0.2, -0.15) is 0 Å². The van der Waals surface area contributed by atoms with Crippen LogP contribution in [0.1, 0.15) is 59.1 Å². The molecule has 0 aliphatic carbocycles. The minimum atomic E-state index is -1.45. The molecule has 3 amide bonds. The molecule has 4 aliphatic heterocycles. The first-order chi connectivity index (χ1) is 19.9. The summed E-state index contributed by atoms with van der Waals surface area (Å²) < 4.78 is 12.9. The summed E-state index contributed by atoms with van der Waals surface area (Å²) in [5.41, 5.74) is -1.29. The number of allylic oxidation sites excluding steroid dienone is 1. The number of aliphatic hydroxyl groups excluding tert-OH is 1. The van der Waals surface area contributed by atoms with Gasteiger partial charge < -0.3 is 29.7 Å². The molecule has 2 N–H and O–H groups in total. The number of benzene rings is 1. The van der Waals surface area contributed by atoms with Gasteiger partial charge in [0.05, 0.1) is 30.7 Å². The third kappa shape index (κ3) is 5.04. The Kier molecular flexibility index (Phi) is 8.06. The van der Waals surface area contributed by atoms with Gasteiger partial charge in [-0.25, -0.2) is 0 Å². The summed E-state index contributed by atoms with van der Waals surface area (Å²) in [4.78, 5) is 58.6. The van der Waals surface area contributed by atoms with Gasteiger partial charge in [-0.1, -0.05) is 54.6 Å². The number of rotatable bonds is 3. The lowest BCUT2D eigenvalue weighted by atomic mass is 9.77. The van der Waals surface area contributed by atoms with Gasteiger partial charge in [0.25, 0.3) is 0 Å². The van der Waals surface area contributed by atoms with Gasteiger partial charge in [-0.05, 0) is 46.6 Å². The highest BCUT2D eigenvalue weighted by Gasteiger charge is 2.72. The minimum absolute atomic E-state index is 0.174. The van der Waals surface area contributed by atoms with Crippen molar-refractivity contribution < 1.29 is 33.8 Å². The third-order valence-corrected chi connectivity index (χ3v) is 8.83. The van der Waals surface area contributed by atoms with E-state index in [0.717, 1.165) is 0 Å². The summed E-state index contributed by atoms with van der Waals surface area (Å²) in [5.74, 6) is -3.66. The SMILES string of the molecule is C[C@H](CO)N1C(=O)[C@@H]2[C@H]3C(=O)O[C@H](c4ccccc4)[C@@H](C)NC(=O)CC/C=C\[C@H]3O[C@@]23C=CCN(C(C)(C)C)C(=O)[C@@H]13. The quantitative estimate of drug-likeness (QED) is 0.416. The van der Waals surface area contributed by atoms with Gasteiger partial charge in [0.1, 0.15) is 23.7 Å². The summed E-state index contributed by atoms with van der Waals surface area (Å²) in [5, 5.41) is 13.1. The van der Waals surface area contributed by atoms with E-state index in [4.69, 9.17) is 9.47 Å². The molecule has 226 valence electrons. The maximum absolute atomic E-state index is 14.3. The Morgan fingerprint density at radius 3 is 2.48 bits per heavy atom. The van der Waals surface area contributed by atoms with Crippen molar-refractivity contribution in [1.29, 1.82) is 0 Å². The number of nitrogens with one attached hydrogen (secondary N) is 1. The van der Waals surface area contributed by atoms with Crippen molar-refractivity contribution in [1.82, 2.24) is 15.1 Å². The van der Waals surface area contributed by atoms with E-state index in [9.17, 15) is 24.3 Å². The Hall–Kier alpha value is -3.50. The molecule has 8 atom stereocenters. The Balaban J connectivity index is 1.62. The van der Waals surface area contributed by atoms with E-state index in [0.29, 0.717) is 18.5 Å². The van der Waals surface area contributed by atoms with Crippen molar-refractivity contribution in [2.75, 3.05) is 13.2 Å². The summed E-state index contributed by atoms with van der Waals surface area (Å²) >= 11 is 0. The van der Waals surface area contributed by atoms with Crippen LogP contribution in [0.5, 0.6) is 0 Å². The highest BCUT2D eigenvalue weighted by atomic mass is 16.6. The Labute approximate surface area is 246 Å². The standard InChI is InChI=1S/C32H41N3O7/c1-19(18-36)35-27-29(39)34(31(3,4)5)17-11-16-32(27)25(28(35)38)24-22(42-32)14-9-10-15-23(37)33-20(2)26(41-30(24)40)21-12-7-6-8-13-21/h6-9,11-14,16,19-20,22,24-27,36H,10,15,17-18H2,1-5H3,(H,33,37)/b14-9-/t19-,20-,22-,24+,25+,26+,27-,32+/m1/s1. The number of amides is 3. The molecule has 0 aromatic heterocycles. The van der Waals surface area contributed by atoms with Crippen LogP contribution in [0.3, 0.4) is 0 Å². The second kappa shape index (κ2) is 11.3. The number of hydrogen-bond donors (Lipinski definition) is 2. The van der Waals surface area contributed by atoms with Crippen LogP contribution in [-0.2, 0) is 28.7 Å². The second-order valence-electron chi connectivity index (χ2n) is 12.7. The number of ether oxygens (including phenoxy) is 2. The fourth-order valence-electron chi connectivity index (χ4n) is 6.81. The fourth-order valence-corrected chi connectivity index (χ4v) is 6.81. The highest BCUT2D eigenvalue weighted by molar-refractivity contribution is 5.99. The molecule has 1 aromatic carbocycles. The molecule has 10 heteroatoms. The topological polar surface area (TPSA) is 125 Å². The zero-order valence-corrected chi connectivity index (χ0v) is 24.9. The van der Waals surface area contributed by atoms with E-state index in [1.165, 1.54) is 4.90 Å². The number of fused-ring (bicyclic) bond motifs is 2. The van der Waals surface area contributed by atoms with Gasteiger partial charge in [0.2, 0.25) is 17.7 Å². The van der Waals surface area contributed by atoms with E-state index < -0.39 is 65.2 Å². The summed E-state index contributed by atoms with van der Waals surface area (Å²) in [6, 6.07) is 6.85. The number of carbonyl (C=O) groups excluding carboxylic acids is 4. The van der Waals surface area contributed by atoms with Gasteiger partial charge in [0.15, 0.2) is 0 Å². The molecule has 10 nitrogen and oxygen atoms in total. The lowest BCUT2D eigenvalue weighted by molar-refractivity contribution is -0.162. The van der Waals surface area contributed by atoms with Gasteiger partial charge in [-0.15, -0.1) is 0 Å². The van der Waals surface area contributed by atoms with Crippen molar-refractivity contribution >= 4 is 23.7 Å². The molecular weight excluding hydrogens is 538 g/mol. The van der Waals surface area contributed by atoms with Gasteiger partial charge in [-0.3, -0.25) is 19.2 Å². The molecule has 2 fully saturated rings. The number of carbonyl (C=O) groups is 4. The summed E-state index contributed by atoms with van der Waals surface area (Å²) in [6.45, 7) is 9.19. The molecule has 0 saturated carbocycles. The Bertz CT molecular complexity index is 1290. The predicted octanol–water partition coefficient (Wildman–Crippen LogP) is 2.28. The van der Waals surface area contributed by atoms with E-state index in [-0.39, 0.29) is 24.8 Å². The normalized spacial score (nSPS) is 35.2. The molecule has 42 heavy (non-hydrogen) atoms. The first-order valence-electron chi connectivity index (χ1n) is 14.7. The van der Waals surface area contributed by atoms with Crippen molar-refractivity contribution in [3.63, 3.8) is 0 Å². The first-order valence-corrected chi connectivity index (χ1v) is 14.7. The smallest absolute Gasteiger partial charge is 0.313 e. The Morgan fingerprint density at radius 1 is 1.10 bits per heavy atom.